The molecule has 0 aromatic rings. The molecule has 1 saturated heterocycles. The first kappa shape index (κ1) is 13.4. The van der Waals surface area contributed by atoms with E-state index in [4.69, 9.17) is 5.11 Å². The minimum Gasteiger partial charge on any atom is -0.481 e. The summed E-state index contributed by atoms with van der Waals surface area (Å²) in [6, 6.07) is 0. The second-order valence-electron chi connectivity index (χ2n) is 4.29. The van der Waals surface area contributed by atoms with Crippen molar-refractivity contribution in [1.82, 2.24) is 5.32 Å². The summed E-state index contributed by atoms with van der Waals surface area (Å²) in [5.41, 5.74) is 0. The third-order valence-electron chi connectivity index (χ3n) is 2.80. The van der Waals surface area contributed by atoms with Gasteiger partial charge in [0.15, 0.2) is 0 Å². The molecule has 0 bridgehead atoms. The van der Waals surface area contributed by atoms with Gasteiger partial charge in [0.1, 0.15) is 0 Å². The number of amides is 1. The van der Waals surface area contributed by atoms with Gasteiger partial charge < -0.3 is 10.4 Å². The van der Waals surface area contributed by atoms with E-state index in [-0.39, 0.29) is 17.1 Å². The van der Waals surface area contributed by atoms with Crippen molar-refractivity contribution in [2.75, 3.05) is 12.3 Å². The Morgan fingerprint density at radius 1 is 1.44 bits per heavy atom. The molecule has 1 unspecified atom stereocenters. The Morgan fingerprint density at radius 2 is 2.19 bits per heavy atom. The zero-order valence-electron chi connectivity index (χ0n) is 9.62. The highest BCUT2D eigenvalue weighted by atomic mass is 32.2. The molecule has 16 heavy (non-hydrogen) atoms. The Labute approximate surface area is 100 Å². The summed E-state index contributed by atoms with van der Waals surface area (Å²) in [6.07, 6.45) is 3.59. The monoisotopic (exact) mass is 245 g/mol. The van der Waals surface area contributed by atoms with Crippen molar-refractivity contribution in [1.29, 1.82) is 0 Å². The molecule has 5 heteroatoms. The van der Waals surface area contributed by atoms with Gasteiger partial charge in [-0.1, -0.05) is 0 Å². The summed E-state index contributed by atoms with van der Waals surface area (Å²) < 4.78 is -0.257. The average Bonchev–Trinajstić information content (AvgIpc) is 2.65. The molecule has 1 aliphatic heterocycles. The lowest BCUT2D eigenvalue weighted by Crippen LogP contribution is -2.40. The van der Waals surface area contributed by atoms with Crippen LogP contribution in [0.4, 0.5) is 0 Å². The first-order chi connectivity index (χ1) is 7.54. The van der Waals surface area contributed by atoms with Crippen molar-refractivity contribution >= 4 is 23.6 Å². The van der Waals surface area contributed by atoms with E-state index in [1.165, 1.54) is 0 Å². The van der Waals surface area contributed by atoms with Gasteiger partial charge in [-0.25, -0.2) is 0 Å². The Hall–Kier alpha value is -0.710. The number of rotatable bonds is 6. The van der Waals surface area contributed by atoms with Crippen molar-refractivity contribution in [3.8, 4) is 0 Å². The molecular weight excluding hydrogens is 226 g/mol. The summed E-state index contributed by atoms with van der Waals surface area (Å²) in [5, 5.41) is 11.3. The number of carboxylic acid groups (broad SMARTS) is 1. The second kappa shape index (κ2) is 6.13. The maximum absolute atomic E-state index is 11.8. The highest BCUT2D eigenvalue weighted by Crippen LogP contribution is 2.37. The fourth-order valence-corrected chi connectivity index (χ4v) is 2.98. The first-order valence-corrected chi connectivity index (χ1v) is 6.67. The lowest BCUT2D eigenvalue weighted by atomic mass is 10.0. The Morgan fingerprint density at radius 3 is 2.75 bits per heavy atom. The van der Waals surface area contributed by atoms with Crippen molar-refractivity contribution in [3.05, 3.63) is 0 Å². The van der Waals surface area contributed by atoms with E-state index in [0.717, 1.165) is 25.0 Å². The highest BCUT2D eigenvalue weighted by molar-refractivity contribution is 8.01. The molecule has 2 N–H and O–H groups in total. The van der Waals surface area contributed by atoms with Crippen LogP contribution in [0.2, 0.25) is 0 Å². The molecule has 0 aromatic heterocycles. The van der Waals surface area contributed by atoms with Crippen LogP contribution in [0.5, 0.6) is 0 Å². The molecular formula is C11H19NO3S. The number of hydrogen-bond acceptors (Lipinski definition) is 3. The van der Waals surface area contributed by atoms with E-state index >= 15 is 0 Å². The van der Waals surface area contributed by atoms with Gasteiger partial charge in [0, 0.05) is 13.0 Å². The Bertz CT molecular complexity index is 262. The number of carbonyl (C=O) groups excluding carboxylic acids is 1. The van der Waals surface area contributed by atoms with E-state index in [1.807, 2.05) is 6.92 Å². The van der Waals surface area contributed by atoms with Crippen LogP contribution in [0.1, 0.15) is 39.0 Å². The van der Waals surface area contributed by atoms with Crippen LogP contribution in [0.3, 0.4) is 0 Å². The number of carboxylic acids is 1. The zero-order chi connectivity index (χ0) is 12.0. The second-order valence-corrected chi connectivity index (χ2v) is 5.89. The zero-order valence-corrected chi connectivity index (χ0v) is 10.4. The third kappa shape index (κ3) is 4.04. The van der Waals surface area contributed by atoms with Crippen molar-refractivity contribution in [2.24, 2.45) is 0 Å². The smallest absolute Gasteiger partial charge is 0.303 e. The van der Waals surface area contributed by atoms with Gasteiger partial charge >= 0.3 is 5.97 Å². The number of thioether (sulfide) groups is 1. The van der Waals surface area contributed by atoms with Crippen molar-refractivity contribution in [2.45, 2.75) is 43.8 Å². The largest absolute Gasteiger partial charge is 0.481 e. The number of carbonyl (C=O) groups is 2. The molecule has 1 fully saturated rings. The van der Waals surface area contributed by atoms with Crippen LogP contribution >= 0.6 is 11.8 Å². The summed E-state index contributed by atoms with van der Waals surface area (Å²) in [5.74, 6) is 0.387. The van der Waals surface area contributed by atoms with Crippen LogP contribution in [0.15, 0.2) is 0 Å². The maximum atomic E-state index is 11.8. The normalized spacial score (nSPS) is 24.3. The SMILES string of the molecule is CC1(C(=O)NCCCCC(=O)O)CCCS1. The van der Waals surface area contributed by atoms with Gasteiger partial charge in [-0.15, -0.1) is 11.8 Å². The number of hydrogen-bond donors (Lipinski definition) is 2. The van der Waals surface area contributed by atoms with E-state index in [9.17, 15) is 9.59 Å². The van der Waals surface area contributed by atoms with E-state index < -0.39 is 5.97 Å². The number of nitrogens with one attached hydrogen (secondary N) is 1. The van der Waals surface area contributed by atoms with Gasteiger partial charge in [-0.2, -0.15) is 0 Å². The summed E-state index contributed by atoms with van der Waals surface area (Å²) in [6.45, 7) is 2.57. The van der Waals surface area contributed by atoms with Gasteiger partial charge in [0.05, 0.1) is 4.75 Å². The van der Waals surface area contributed by atoms with E-state index in [0.29, 0.717) is 13.0 Å². The lowest BCUT2D eigenvalue weighted by Gasteiger charge is -2.21. The van der Waals surface area contributed by atoms with Crippen LogP contribution in [-0.2, 0) is 9.59 Å². The van der Waals surface area contributed by atoms with Crippen LogP contribution in [0.25, 0.3) is 0 Å². The molecule has 0 aromatic carbocycles. The molecule has 1 amide bonds. The quantitative estimate of drug-likeness (QED) is 0.698. The molecule has 1 rings (SSSR count). The maximum Gasteiger partial charge on any atom is 0.303 e. The molecule has 0 spiro atoms. The molecule has 0 aliphatic carbocycles. The van der Waals surface area contributed by atoms with Gasteiger partial charge in [-0.3, -0.25) is 9.59 Å². The fourth-order valence-electron chi connectivity index (χ4n) is 1.75. The van der Waals surface area contributed by atoms with Gasteiger partial charge in [-0.05, 0) is 38.4 Å². The predicted octanol–water partition coefficient (Wildman–Crippen LogP) is 1.64. The topological polar surface area (TPSA) is 66.4 Å². The standard InChI is InChI=1S/C11H19NO3S/c1-11(6-4-8-16-11)10(15)12-7-3-2-5-9(13)14/h2-8H2,1H3,(H,12,15)(H,13,14). The molecule has 1 heterocycles. The first-order valence-electron chi connectivity index (χ1n) is 5.69. The van der Waals surface area contributed by atoms with Gasteiger partial charge in [0.2, 0.25) is 5.91 Å². The molecule has 92 valence electrons. The van der Waals surface area contributed by atoms with Crippen LogP contribution in [0, 0.1) is 0 Å². The third-order valence-corrected chi connectivity index (χ3v) is 4.32. The summed E-state index contributed by atoms with van der Waals surface area (Å²) >= 11 is 1.72. The lowest BCUT2D eigenvalue weighted by molar-refractivity contribution is -0.137. The minimum absolute atomic E-state index is 0.102. The Balaban J connectivity index is 2.13. The minimum atomic E-state index is -0.773. The average molecular weight is 245 g/mol. The number of aliphatic carboxylic acids is 1. The molecule has 4 nitrogen and oxygen atoms in total. The molecule has 0 saturated carbocycles. The van der Waals surface area contributed by atoms with E-state index in [1.54, 1.807) is 11.8 Å². The van der Waals surface area contributed by atoms with Crippen LogP contribution < -0.4 is 5.32 Å². The summed E-state index contributed by atoms with van der Waals surface area (Å²) in [4.78, 5) is 22.1. The number of unbranched alkanes of at least 4 members (excludes halogenated alkanes) is 1. The fraction of sp³-hybridized carbons (Fsp3) is 0.818. The molecule has 1 atom stereocenters. The predicted molar refractivity (Wildman–Crippen MR) is 64.6 cm³/mol. The van der Waals surface area contributed by atoms with E-state index in [2.05, 4.69) is 5.32 Å². The highest BCUT2D eigenvalue weighted by Gasteiger charge is 2.36. The molecule has 0 radical (unpaired) electrons. The molecule has 1 aliphatic rings. The van der Waals surface area contributed by atoms with Crippen molar-refractivity contribution in [3.63, 3.8) is 0 Å². The van der Waals surface area contributed by atoms with Gasteiger partial charge in [0.25, 0.3) is 0 Å². The van der Waals surface area contributed by atoms with Crippen LogP contribution in [-0.4, -0.2) is 34.0 Å². The summed E-state index contributed by atoms with van der Waals surface area (Å²) in [7, 11) is 0. The van der Waals surface area contributed by atoms with Crippen molar-refractivity contribution < 1.29 is 14.7 Å². The Kier molecular flexibility index (Phi) is 5.12.